The van der Waals surface area contributed by atoms with Gasteiger partial charge in [0, 0.05) is 36.5 Å². The monoisotopic (exact) mass is 278 g/mol. The quantitative estimate of drug-likeness (QED) is 0.791. The highest BCUT2D eigenvalue weighted by Gasteiger charge is 2.28. The summed E-state index contributed by atoms with van der Waals surface area (Å²) in [6.07, 6.45) is 2.46. The van der Waals surface area contributed by atoms with E-state index in [1.807, 2.05) is 0 Å². The van der Waals surface area contributed by atoms with Gasteiger partial charge in [-0.2, -0.15) is 0 Å². The number of carbonyl (C=O) groups excluding carboxylic acids is 1. The molecule has 0 N–H and O–H groups in total. The van der Waals surface area contributed by atoms with Crippen molar-refractivity contribution in [2.45, 2.75) is 12.8 Å². The first-order chi connectivity index (χ1) is 9.13. The molecule has 0 amide bonds. The minimum atomic E-state index is -0.325. The summed E-state index contributed by atoms with van der Waals surface area (Å²) in [6.45, 7) is 0.533. The molecule has 0 aliphatic heterocycles. The largest absolute Gasteiger partial charge is 0.385 e. The summed E-state index contributed by atoms with van der Waals surface area (Å²) in [5.41, 5.74) is 1.13. The van der Waals surface area contributed by atoms with Gasteiger partial charge in [0.25, 0.3) is 0 Å². The molecule has 0 radical (unpaired) electrons. The van der Waals surface area contributed by atoms with Crippen molar-refractivity contribution in [3.05, 3.63) is 41.7 Å². The highest BCUT2D eigenvalue weighted by atomic mass is 32.1. The predicted octanol–water partition coefficient (Wildman–Crippen LogP) is 3.20. The second-order valence-electron chi connectivity index (χ2n) is 4.52. The van der Waals surface area contributed by atoms with Crippen molar-refractivity contribution < 1.29 is 13.9 Å². The summed E-state index contributed by atoms with van der Waals surface area (Å²) in [5.74, 6) is -0.477. The number of hydrogen-bond donors (Lipinski definition) is 0. The number of carbonyl (C=O) groups is 1. The Morgan fingerprint density at radius 1 is 1.42 bits per heavy atom. The first-order valence-corrected chi connectivity index (χ1v) is 6.55. The Bertz CT molecular complexity index is 537. The molecular formula is C15H15FO2S. The first-order valence-electron chi connectivity index (χ1n) is 6.14. The third-order valence-corrected chi connectivity index (χ3v) is 3.65. The maximum atomic E-state index is 13.9. The van der Waals surface area contributed by atoms with E-state index in [2.05, 4.69) is 0 Å². The van der Waals surface area contributed by atoms with E-state index in [-0.39, 0.29) is 23.9 Å². The van der Waals surface area contributed by atoms with E-state index >= 15 is 0 Å². The van der Waals surface area contributed by atoms with Crippen LogP contribution in [0, 0.1) is 11.7 Å². The van der Waals surface area contributed by atoms with Crippen LogP contribution < -0.4 is 0 Å². The molecule has 1 unspecified atom stereocenters. The number of methoxy groups -OCH3 is 1. The van der Waals surface area contributed by atoms with E-state index in [0.29, 0.717) is 29.0 Å². The van der Waals surface area contributed by atoms with Crippen molar-refractivity contribution in [3.8, 4) is 0 Å². The molecule has 0 heterocycles. The molecule has 1 aliphatic rings. The Labute approximate surface area is 117 Å². The Kier molecular flexibility index (Phi) is 4.56. The van der Waals surface area contributed by atoms with Crippen molar-refractivity contribution in [3.63, 3.8) is 0 Å². The van der Waals surface area contributed by atoms with E-state index in [4.69, 9.17) is 17.0 Å². The Hall–Kier alpha value is -1.39. The molecule has 0 aromatic heterocycles. The van der Waals surface area contributed by atoms with Crippen LogP contribution in [0.1, 0.15) is 18.4 Å². The van der Waals surface area contributed by atoms with E-state index in [1.165, 1.54) is 12.1 Å². The molecule has 1 aromatic rings. The summed E-state index contributed by atoms with van der Waals surface area (Å²) in [7, 11) is 1.61. The summed E-state index contributed by atoms with van der Waals surface area (Å²) in [6, 6.07) is 6.47. The number of rotatable bonds is 4. The van der Waals surface area contributed by atoms with Gasteiger partial charge in [-0.25, -0.2) is 4.39 Å². The number of allylic oxidation sites excluding steroid dienone is 2. The molecule has 0 saturated carbocycles. The lowest BCUT2D eigenvalue weighted by Crippen LogP contribution is -2.24. The van der Waals surface area contributed by atoms with Crippen LogP contribution in [0.25, 0.3) is 5.57 Å². The van der Waals surface area contributed by atoms with E-state index in [9.17, 15) is 9.18 Å². The number of benzene rings is 1. The zero-order valence-electron chi connectivity index (χ0n) is 10.7. The maximum Gasteiger partial charge on any atom is 0.160 e. The number of thiocarbonyl (C=S) groups is 1. The minimum Gasteiger partial charge on any atom is -0.385 e. The number of halogens is 1. The molecule has 0 spiro atoms. The van der Waals surface area contributed by atoms with Gasteiger partial charge in [0.05, 0.1) is 0 Å². The van der Waals surface area contributed by atoms with Gasteiger partial charge >= 0.3 is 0 Å². The molecule has 19 heavy (non-hydrogen) atoms. The number of ether oxygens (including phenoxy) is 1. The van der Waals surface area contributed by atoms with Gasteiger partial charge in [0.1, 0.15) is 5.82 Å². The molecular weight excluding hydrogens is 263 g/mol. The molecule has 1 aromatic carbocycles. The standard InChI is InChI=1S/C15H15FO2S/c1-18-7-6-12-13(8-10(17)9-15(12)19)11-4-2-3-5-14(11)16/h2-5,8,12H,6-7,9H2,1H3. The lowest BCUT2D eigenvalue weighted by molar-refractivity contribution is -0.113. The average Bonchev–Trinajstić information content (AvgIpc) is 2.37. The van der Waals surface area contributed by atoms with Gasteiger partial charge in [0.2, 0.25) is 0 Å². The van der Waals surface area contributed by atoms with Crippen molar-refractivity contribution in [1.29, 1.82) is 0 Å². The van der Waals surface area contributed by atoms with Crippen LogP contribution in [0.2, 0.25) is 0 Å². The molecule has 2 rings (SSSR count). The SMILES string of the molecule is COCCC1C(=S)CC(=O)C=C1c1ccccc1F. The summed E-state index contributed by atoms with van der Waals surface area (Å²) < 4.78 is 19.0. The number of hydrogen-bond acceptors (Lipinski definition) is 3. The summed E-state index contributed by atoms with van der Waals surface area (Å²) in [5, 5.41) is 0. The highest BCUT2D eigenvalue weighted by Crippen LogP contribution is 2.33. The molecule has 2 nitrogen and oxygen atoms in total. The van der Waals surface area contributed by atoms with Crippen LogP contribution in [0.15, 0.2) is 30.3 Å². The van der Waals surface area contributed by atoms with E-state index in [1.54, 1.807) is 25.3 Å². The van der Waals surface area contributed by atoms with Gasteiger partial charge in [-0.15, -0.1) is 0 Å². The van der Waals surface area contributed by atoms with Gasteiger partial charge in [-0.3, -0.25) is 4.79 Å². The topological polar surface area (TPSA) is 26.3 Å². The van der Waals surface area contributed by atoms with Gasteiger partial charge in [-0.1, -0.05) is 30.4 Å². The maximum absolute atomic E-state index is 13.9. The lowest BCUT2D eigenvalue weighted by atomic mass is 9.81. The van der Waals surface area contributed by atoms with Gasteiger partial charge in [-0.05, 0) is 24.1 Å². The third kappa shape index (κ3) is 3.14. The van der Waals surface area contributed by atoms with Crippen molar-refractivity contribution in [2.75, 3.05) is 13.7 Å². The fraction of sp³-hybridized carbons (Fsp3) is 0.333. The van der Waals surface area contributed by atoms with E-state index in [0.717, 1.165) is 0 Å². The van der Waals surface area contributed by atoms with Crippen molar-refractivity contribution >= 4 is 28.4 Å². The average molecular weight is 278 g/mol. The molecule has 1 atom stereocenters. The van der Waals surface area contributed by atoms with Crippen molar-refractivity contribution in [2.24, 2.45) is 5.92 Å². The first kappa shape index (κ1) is 14.0. The van der Waals surface area contributed by atoms with Crippen LogP contribution >= 0.6 is 12.2 Å². The summed E-state index contributed by atoms with van der Waals surface area (Å²) in [4.78, 5) is 12.3. The fourth-order valence-electron chi connectivity index (χ4n) is 2.31. The smallest absolute Gasteiger partial charge is 0.160 e. The second-order valence-corrected chi connectivity index (χ2v) is 5.05. The van der Waals surface area contributed by atoms with Gasteiger partial charge < -0.3 is 4.74 Å². The fourth-order valence-corrected chi connectivity index (χ4v) is 2.69. The molecule has 1 aliphatic carbocycles. The molecule has 0 saturated heterocycles. The molecule has 0 bridgehead atoms. The number of ketones is 1. The zero-order chi connectivity index (χ0) is 13.8. The van der Waals surface area contributed by atoms with Crippen molar-refractivity contribution in [1.82, 2.24) is 0 Å². The zero-order valence-corrected chi connectivity index (χ0v) is 11.5. The predicted molar refractivity (Wildman–Crippen MR) is 76.6 cm³/mol. The Morgan fingerprint density at radius 3 is 2.84 bits per heavy atom. The summed E-state index contributed by atoms with van der Waals surface area (Å²) >= 11 is 5.30. The van der Waals surface area contributed by atoms with Gasteiger partial charge in [0.15, 0.2) is 5.78 Å². The molecule has 4 heteroatoms. The normalized spacial score (nSPS) is 19.5. The van der Waals surface area contributed by atoms with Crippen LogP contribution in [0.4, 0.5) is 4.39 Å². The van der Waals surface area contributed by atoms with E-state index < -0.39 is 0 Å². The molecule has 0 fully saturated rings. The lowest BCUT2D eigenvalue weighted by Gasteiger charge is -2.25. The highest BCUT2D eigenvalue weighted by molar-refractivity contribution is 7.80. The van der Waals surface area contributed by atoms with Crippen LogP contribution in [0.5, 0.6) is 0 Å². The second kappa shape index (κ2) is 6.17. The Balaban J connectivity index is 2.40. The Morgan fingerprint density at radius 2 is 2.16 bits per heavy atom. The van der Waals surface area contributed by atoms with Crippen LogP contribution in [0.3, 0.4) is 0 Å². The minimum absolute atomic E-state index is 0.0584. The molecule has 100 valence electrons. The van der Waals surface area contributed by atoms with Crippen LogP contribution in [-0.4, -0.2) is 24.4 Å². The van der Waals surface area contributed by atoms with Crippen LogP contribution in [-0.2, 0) is 9.53 Å². The third-order valence-electron chi connectivity index (χ3n) is 3.22.